The van der Waals surface area contributed by atoms with Gasteiger partial charge in [-0.05, 0) is 44.6 Å². The van der Waals surface area contributed by atoms with Crippen LogP contribution in [0.2, 0.25) is 0 Å². The molecule has 0 spiro atoms. The fourth-order valence-corrected chi connectivity index (χ4v) is 3.38. The maximum absolute atomic E-state index is 12.2. The first-order valence-electron chi connectivity index (χ1n) is 7.12. The van der Waals surface area contributed by atoms with Gasteiger partial charge in [0.2, 0.25) is 0 Å². The molecule has 2 N–H and O–H groups in total. The summed E-state index contributed by atoms with van der Waals surface area (Å²) in [6.45, 7) is 5.32. The number of carbonyl (C=O) groups is 1. The minimum Gasteiger partial charge on any atom is -0.323 e. The van der Waals surface area contributed by atoms with Gasteiger partial charge in [-0.3, -0.25) is 20.2 Å². The number of hydrogen-bond acceptors (Lipinski definition) is 6. The second kappa shape index (κ2) is 7.38. The molecule has 0 saturated carbocycles. The van der Waals surface area contributed by atoms with Crippen molar-refractivity contribution in [3.63, 3.8) is 0 Å². The van der Waals surface area contributed by atoms with Crippen LogP contribution in [0.15, 0.2) is 18.2 Å². The third kappa shape index (κ3) is 3.99. The number of nitro groups is 1. The first-order valence-corrected chi connectivity index (χ1v) is 8.34. The summed E-state index contributed by atoms with van der Waals surface area (Å²) in [6, 6.07) is 6.29. The Morgan fingerprint density at radius 3 is 2.64 bits per heavy atom. The van der Waals surface area contributed by atoms with Crippen molar-refractivity contribution in [1.29, 1.82) is 5.26 Å². The smallest absolute Gasteiger partial charge is 0.273 e. The molecule has 0 unspecified atom stereocenters. The summed E-state index contributed by atoms with van der Waals surface area (Å²) >= 11 is 6.47. The number of amides is 1. The number of thiocarbonyl (C=S) groups is 1. The molecule has 1 heterocycles. The Balaban J connectivity index is 2.15. The summed E-state index contributed by atoms with van der Waals surface area (Å²) in [4.78, 5) is 23.6. The fourth-order valence-electron chi connectivity index (χ4n) is 2.11. The standard InChI is InChI=1S/C16H14N4O3S2/c1-8-4-5-11(6-13(8)20(22)23)14(21)18-16(24)19-15-12(7-17)9(2)10(3)25-15/h4-6H,1-3H3,(H2,18,19,21,24). The minimum atomic E-state index is -0.566. The second-order valence-electron chi connectivity index (χ2n) is 5.27. The third-order valence-corrected chi connectivity index (χ3v) is 4.95. The molecule has 25 heavy (non-hydrogen) atoms. The molecular weight excluding hydrogens is 360 g/mol. The number of aryl methyl sites for hydroxylation is 2. The van der Waals surface area contributed by atoms with Gasteiger partial charge in [0.05, 0.1) is 10.5 Å². The molecule has 1 aromatic heterocycles. The number of nitrogens with zero attached hydrogens (tertiary/aromatic N) is 2. The minimum absolute atomic E-state index is 0.0194. The molecular formula is C16H14N4O3S2. The van der Waals surface area contributed by atoms with Crippen molar-refractivity contribution >= 4 is 45.3 Å². The molecule has 0 atom stereocenters. The van der Waals surface area contributed by atoms with Crippen molar-refractivity contribution in [3.05, 3.63) is 55.4 Å². The molecule has 7 nitrogen and oxygen atoms in total. The lowest BCUT2D eigenvalue weighted by Gasteiger charge is -2.09. The van der Waals surface area contributed by atoms with Crippen LogP contribution in [-0.2, 0) is 0 Å². The zero-order valence-electron chi connectivity index (χ0n) is 13.7. The van der Waals surface area contributed by atoms with Gasteiger partial charge in [-0.25, -0.2) is 0 Å². The number of nitrogens with one attached hydrogen (secondary N) is 2. The Kier molecular flexibility index (Phi) is 5.46. The van der Waals surface area contributed by atoms with E-state index in [1.54, 1.807) is 6.92 Å². The van der Waals surface area contributed by atoms with Gasteiger partial charge in [-0.1, -0.05) is 6.07 Å². The summed E-state index contributed by atoms with van der Waals surface area (Å²) in [7, 11) is 0. The first-order chi connectivity index (χ1) is 11.7. The Bertz CT molecular complexity index is 928. The van der Waals surface area contributed by atoms with E-state index in [9.17, 15) is 20.2 Å². The molecule has 0 fully saturated rings. The van der Waals surface area contributed by atoms with Crippen LogP contribution in [0.4, 0.5) is 10.7 Å². The zero-order chi connectivity index (χ0) is 18.7. The molecule has 1 aromatic carbocycles. The van der Waals surface area contributed by atoms with Crippen LogP contribution in [0.3, 0.4) is 0 Å². The highest BCUT2D eigenvalue weighted by atomic mass is 32.1. The van der Waals surface area contributed by atoms with Gasteiger partial charge in [0.1, 0.15) is 11.1 Å². The second-order valence-corrected chi connectivity index (χ2v) is 6.90. The van der Waals surface area contributed by atoms with Crippen LogP contribution in [-0.4, -0.2) is 15.9 Å². The van der Waals surface area contributed by atoms with Gasteiger partial charge in [0.25, 0.3) is 11.6 Å². The summed E-state index contributed by atoms with van der Waals surface area (Å²) in [5, 5.41) is 26.1. The normalized spacial score (nSPS) is 10.0. The topological polar surface area (TPSA) is 108 Å². The average Bonchev–Trinajstić information content (AvgIpc) is 2.80. The van der Waals surface area contributed by atoms with E-state index in [1.165, 1.54) is 29.5 Å². The predicted molar refractivity (Wildman–Crippen MR) is 100 cm³/mol. The Morgan fingerprint density at radius 2 is 2.04 bits per heavy atom. The molecule has 0 bridgehead atoms. The Hall–Kier alpha value is -2.83. The molecule has 1 amide bonds. The molecule has 0 aliphatic rings. The van der Waals surface area contributed by atoms with E-state index in [0.29, 0.717) is 16.1 Å². The van der Waals surface area contributed by atoms with Crippen molar-refractivity contribution in [3.8, 4) is 6.07 Å². The van der Waals surface area contributed by atoms with Crippen molar-refractivity contribution in [2.45, 2.75) is 20.8 Å². The lowest BCUT2D eigenvalue weighted by Crippen LogP contribution is -2.34. The van der Waals surface area contributed by atoms with E-state index in [1.807, 2.05) is 13.8 Å². The lowest BCUT2D eigenvalue weighted by atomic mass is 10.1. The molecule has 2 rings (SSSR count). The van der Waals surface area contributed by atoms with Crippen LogP contribution in [0, 0.1) is 42.2 Å². The van der Waals surface area contributed by atoms with Gasteiger partial charge in [0.15, 0.2) is 5.11 Å². The fraction of sp³-hybridized carbons (Fsp3) is 0.188. The lowest BCUT2D eigenvalue weighted by molar-refractivity contribution is -0.385. The van der Waals surface area contributed by atoms with E-state index < -0.39 is 10.8 Å². The SMILES string of the molecule is Cc1ccc(C(=O)NC(=S)Nc2sc(C)c(C)c2C#N)cc1[N+](=O)[O-]. The average molecular weight is 374 g/mol. The molecule has 128 valence electrons. The summed E-state index contributed by atoms with van der Waals surface area (Å²) in [5.74, 6) is -0.566. The summed E-state index contributed by atoms with van der Waals surface area (Å²) in [5.41, 5.74) is 1.79. The van der Waals surface area contributed by atoms with Crippen molar-refractivity contribution in [2.75, 3.05) is 5.32 Å². The number of rotatable bonds is 3. The molecule has 9 heteroatoms. The zero-order valence-corrected chi connectivity index (χ0v) is 15.3. The Morgan fingerprint density at radius 1 is 1.36 bits per heavy atom. The number of thiophene rings is 1. The highest BCUT2D eigenvalue weighted by Crippen LogP contribution is 2.31. The molecule has 0 aliphatic carbocycles. The van der Waals surface area contributed by atoms with Gasteiger partial charge in [-0.2, -0.15) is 5.26 Å². The van der Waals surface area contributed by atoms with Gasteiger partial charge in [0, 0.05) is 22.1 Å². The Labute approximate surface area is 153 Å². The van der Waals surface area contributed by atoms with E-state index in [0.717, 1.165) is 10.4 Å². The molecule has 0 saturated heterocycles. The van der Waals surface area contributed by atoms with E-state index in [4.69, 9.17) is 12.2 Å². The summed E-state index contributed by atoms with van der Waals surface area (Å²) < 4.78 is 0. The number of benzene rings is 1. The van der Waals surface area contributed by atoms with Crippen LogP contribution >= 0.6 is 23.6 Å². The maximum Gasteiger partial charge on any atom is 0.273 e. The van der Waals surface area contributed by atoms with Crippen LogP contribution in [0.1, 0.15) is 31.9 Å². The van der Waals surface area contributed by atoms with Crippen LogP contribution < -0.4 is 10.6 Å². The number of carbonyl (C=O) groups excluding carboxylic acids is 1. The summed E-state index contributed by atoms with van der Waals surface area (Å²) in [6.07, 6.45) is 0. The number of nitriles is 1. The highest BCUT2D eigenvalue weighted by Gasteiger charge is 2.17. The first kappa shape index (κ1) is 18.5. The van der Waals surface area contributed by atoms with Gasteiger partial charge < -0.3 is 5.32 Å². The van der Waals surface area contributed by atoms with Crippen molar-refractivity contribution < 1.29 is 9.72 Å². The number of nitro benzene ring substituents is 1. The number of hydrogen-bond donors (Lipinski definition) is 2. The van der Waals surface area contributed by atoms with Gasteiger partial charge >= 0.3 is 0 Å². The monoisotopic (exact) mass is 374 g/mol. The van der Waals surface area contributed by atoms with E-state index in [2.05, 4.69) is 16.7 Å². The molecule has 0 radical (unpaired) electrons. The largest absolute Gasteiger partial charge is 0.323 e. The van der Waals surface area contributed by atoms with Gasteiger partial charge in [-0.15, -0.1) is 11.3 Å². The number of anilines is 1. The highest BCUT2D eigenvalue weighted by molar-refractivity contribution is 7.80. The maximum atomic E-state index is 12.2. The van der Waals surface area contributed by atoms with Crippen molar-refractivity contribution in [1.82, 2.24) is 5.32 Å². The van der Waals surface area contributed by atoms with E-state index in [-0.39, 0.29) is 16.4 Å². The van der Waals surface area contributed by atoms with Crippen LogP contribution in [0.25, 0.3) is 0 Å². The van der Waals surface area contributed by atoms with E-state index >= 15 is 0 Å². The molecule has 2 aromatic rings. The quantitative estimate of drug-likeness (QED) is 0.483. The predicted octanol–water partition coefficient (Wildman–Crippen LogP) is 3.58. The van der Waals surface area contributed by atoms with Crippen LogP contribution in [0.5, 0.6) is 0 Å². The third-order valence-electron chi connectivity index (χ3n) is 3.62. The molecule has 0 aliphatic heterocycles. The van der Waals surface area contributed by atoms with Crippen molar-refractivity contribution in [2.24, 2.45) is 0 Å².